The van der Waals surface area contributed by atoms with E-state index in [1.165, 1.54) is 6.42 Å². The molecular formula is C15H31NO4. The molecule has 1 aliphatic rings. The Kier molecular flexibility index (Phi) is 10.2. The van der Waals surface area contributed by atoms with Gasteiger partial charge in [0.05, 0.1) is 33.0 Å². The minimum absolute atomic E-state index is 0.188. The highest BCUT2D eigenvalue weighted by Gasteiger charge is 2.27. The first kappa shape index (κ1) is 17.9. The van der Waals surface area contributed by atoms with Gasteiger partial charge in [-0.15, -0.1) is 0 Å². The van der Waals surface area contributed by atoms with Gasteiger partial charge in [-0.3, -0.25) is 0 Å². The van der Waals surface area contributed by atoms with E-state index in [0.717, 1.165) is 38.9 Å². The van der Waals surface area contributed by atoms with E-state index < -0.39 is 0 Å². The highest BCUT2D eigenvalue weighted by molar-refractivity contribution is 4.86. The summed E-state index contributed by atoms with van der Waals surface area (Å²) < 4.78 is 21.8. The third kappa shape index (κ3) is 8.87. The molecule has 120 valence electrons. The summed E-state index contributed by atoms with van der Waals surface area (Å²) in [6.45, 7) is 7.70. The molecule has 0 bridgehead atoms. The fourth-order valence-electron chi connectivity index (χ4n) is 2.13. The average Bonchev–Trinajstić information content (AvgIpc) is 2.45. The molecule has 1 rings (SSSR count). The van der Waals surface area contributed by atoms with E-state index in [4.69, 9.17) is 24.7 Å². The summed E-state index contributed by atoms with van der Waals surface area (Å²) in [5.41, 5.74) is 6.04. The van der Waals surface area contributed by atoms with Crippen LogP contribution in [0.4, 0.5) is 0 Å². The van der Waals surface area contributed by atoms with Crippen LogP contribution in [0.2, 0.25) is 0 Å². The molecule has 0 aliphatic carbocycles. The normalized spacial score (nSPS) is 23.1. The molecule has 0 aromatic carbocycles. The molecule has 0 aromatic heterocycles. The lowest BCUT2D eigenvalue weighted by Crippen LogP contribution is -2.48. The molecule has 1 heterocycles. The van der Waals surface area contributed by atoms with Gasteiger partial charge in [0.2, 0.25) is 0 Å². The van der Waals surface area contributed by atoms with Crippen LogP contribution in [0, 0.1) is 0 Å². The maximum absolute atomic E-state index is 6.23. The third-order valence-electron chi connectivity index (χ3n) is 3.48. The molecule has 0 spiro atoms. The van der Waals surface area contributed by atoms with Crippen LogP contribution in [0.15, 0.2) is 0 Å². The third-order valence-corrected chi connectivity index (χ3v) is 3.48. The smallest absolute Gasteiger partial charge is 0.0701 e. The van der Waals surface area contributed by atoms with Crippen LogP contribution in [0.25, 0.3) is 0 Å². The Balaban J connectivity index is 1.80. The Labute approximate surface area is 123 Å². The summed E-state index contributed by atoms with van der Waals surface area (Å²) in [4.78, 5) is 0. The van der Waals surface area contributed by atoms with Crippen LogP contribution in [0.5, 0.6) is 0 Å². The van der Waals surface area contributed by atoms with Gasteiger partial charge in [0.25, 0.3) is 0 Å². The summed E-state index contributed by atoms with van der Waals surface area (Å²) in [5.74, 6) is 0. The molecule has 1 aliphatic heterocycles. The fourth-order valence-corrected chi connectivity index (χ4v) is 2.13. The highest BCUT2D eigenvalue weighted by Crippen LogP contribution is 2.19. The Morgan fingerprint density at radius 2 is 1.65 bits per heavy atom. The molecule has 2 N–H and O–H groups in total. The Morgan fingerprint density at radius 1 is 1.00 bits per heavy atom. The van der Waals surface area contributed by atoms with E-state index in [2.05, 4.69) is 6.92 Å². The molecule has 0 radical (unpaired) electrons. The summed E-state index contributed by atoms with van der Waals surface area (Å²) in [6, 6.07) is 0. The predicted octanol–water partition coefficient (Wildman–Crippen LogP) is 1.73. The predicted molar refractivity (Wildman–Crippen MR) is 79.0 cm³/mol. The average molecular weight is 289 g/mol. The summed E-state index contributed by atoms with van der Waals surface area (Å²) >= 11 is 0. The first-order valence-corrected chi connectivity index (χ1v) is 7.87. The number of rotatable bonds is 12. The van der Waals surface area contributed by atoms with Gasteiger partial charge in [0, 0.05) is 25.4 Å². The van der Waals surface area contributed by atoms with Crippen LogP contribution in [-0.4, -0.2) is 58.4 Å². The minimum Gasteiger partial charge on any atom is -0.380 e. The number of nitrogens with two attached hydrogens (primary N) is 1. The number of hydrogen-bond donors (Lipinski definition) is 1. The van der Waals surface area contributed by atoms with Crippen LogP contribution < -0.4 is 5.73 Å². The molecular weight excluding hydrogens is 258 g/mol. The van der Waals surface area contributed by atoms with Crippen LogP contribution in [0.1, 0.15) is 39.0 Å². The van der Waals surface area contributed by atoms with Crippen LogP contribution >= 0.6 is 0 Å². The van der Waals surface area contributed by atoms with E-state index >= 15 is 0 Å². The van der Waals surface area contributed by atoms with Gasteiger partial charge in [-0.2, -0.15) is 0 Å². The van der Waals surface area contributed by atoms with Gasteiger partial charge in [-0.25, -0.2) is 0 Å². The van der Waals surface area contributed by atoms with Crippen molar-refractivity contribution < 1.29 is 18.9 Å². The molecule has 1 unspecified atom stereocenters. The maximum Gasteiger partial charge on any atom is 0.0701 e. The van der Waals surface area contributed by atoms with Crippen molar-refractivity contribution in [1.82, 2.24) is 0 Å². The van der Waals surface area contributed by atoms with E-state index in [1.807, 2.05) is 0 Å². The lowest BCUT2D eigenvalue weighted by atomic mass is 9.90. The van der Waals surface area contributed by atoms with E-state index in [1.54, 1.807) is 0 Å². The second kappa shape index (κ2) is 11.5. The lowest BCUT2D eigenvalue weighted by molar-refractivity contribution is -0.00350. The van der Waals surface area contributed by atoms with E-state index in [9.17, 15) is 0 Å². The molecule has 5 heteroatoms. The van der Waals surface area contributed by atoms with Crippen molar-refractivity contribution in [3.8, 4) is 0 Å². The molecule has 1 atom stereocenters. The molecule has 1 fully saturated rings. The zero-order chi connectivity index (χ0) is 14.5. The Hall–Kier alpha value is -0.200. The molecule has 0 amide bonds. The summed E-state index contributed by atoms with van der Waals surface area (Å²) in [5, 5.41) is 0. The largest absolute Gasteiger partial charge is 0.380 e. The number of unbranched alkanes of at least 4 members (excludes halogenated alkanes) is 1. The van der Waals surface area contributed by atoms with Crippen molar-refractivity contribution in [3.05, 3.63) is 0 Å². The zero-order valence-electron chi connectivity index (χ0n) is 12.9. The van der Waals surface area contributed by atoms with Gasteiger partial charge < -0.3 is 24.7 Å². The summed E-state index contributed by atoms with van der Waals surface area (Å²) in [6.07, 6.45) is 5.22. The quantitative estimate of drug-likeness (QED) is 0.554. The van der Waals surface area contributed by atoms with E-state index in [0.29, 0.717) is 39.6 Å². The van der Waals surface area contributed by atoms with E-state index in [-0.39, 0.29) is 5.54 Å². The highest BCUT2D eigenvalue weighted by atomic mass is 16.5. The maximum atomic E-state index is 6.23. The van der Waals surface area contributed by atoms with Crippen LogP contribution in [0.3, 0.4) is 0 Å². The second-order valence-corrected chi connectivity index (χ2v) is 5.46. The molecule has 20 heavy (non-hydrogen) atoms. The molecule has 0 saturated carbocycles. The first-order chi connectivity index (χ1) is 9.77. The van der Waals surface area contributed by atoms with Crippen molar-refractivity contribution in [2.75, 3.05) is 52.9 Å². The monoisotopic (exact) mass is 289 g/mol. The Bertz CT molecular complexity index is 220. The number of hydrogen-bond acceptors (Lipinski definition) is 5. The van der Waals surface area contributed by atoms with Crippen molar-refractivity contribution in [2.45, 2.75) is 44.6 Å². The van der Waals surface area contributed by atoms with Crippen LogP contribution in [-0.2, 0) is 18.9 Å². The minimum atomic E-state index is -0.188. The van der Waals surface area contributed by atoms with Gasteiger partial charge in [0.1, 0.15) is 0 Å². The molecule has 0 aromatic rings. The lowest BCUT2D eigenvalue weighted by Gasteiger charge is -2.33. The van der Waals surface area contributed by atoms with Gasteiger partial charge in [-0.1, -0.05) is 13.3 Å². The summed E-state index contributed by atoms with van der Waals surface area (Å²) in [7, 11) is 0. The van der Waals surface area contributed by atoms with Crippen molar-refractivity contribution in [2.24, 2.45) is 5.73 Å². The van der Waals surface area contributed by atoms with Crippen molar-refractivity contribution >= 4 is 0 Å². The van der Waals surface area contributed by atoms with Gasteiger partial charge in [0.15, 0.2) is 0 Å². The second-order valence-electron chi connectivity index (χ2n) is 5.46. The standard InChI is InChI=1S/C15H31NO4/c1-2-3-7-17-10-12-19-13-11-18-9-6-15(16)5-4-8-20-14-15/h2-14,16H2,1H3. The Morgan fingerprint density at radius 3 is 2.25 bits per heavy atom. The van der Waals surface area contributed by atoms with Crippen molar-refractivity contribution in [3.63, 3.8) is 0 Å². The first-order valence-electron chi connectivity index (χ1n) is 7.87. The van der Waals surface area contributed by atoms with Gasteiger partial charge >= 0.3 is 0 Å². The van der Waals surface area contributed by atoms with Crippen molar-refractivity contribution in [1.29, 1.82) is 0 Å². The topological polar surface area (TPSA) is 62.9 Å². The fraction of sp³-hybridized carbons (Fsp3) is 1.00. The SMILES string of the molecule is CCCCOCCOCCOCCC1(N)CCCOC1. The zero-order valence-corrected chi connectivity index (χ0v) is 12.9. The van der Waals surface area contributed by atoms with Gasteiger partial charge in [-0.05, 0) is 25.7 Å². The molecule has 5 nitrogen and oxygen atoms in total. The number of ether oxygens (including phenoxy) is 4. The molecule has 1 saturated heterocycles.